The highest BCUT2D eigenvalue weighted by molar-refractivity contribution is 6.55. The van der Waals surface area contributed by atoms with Gasteiger partial charge in [-0.25, -0.2) is 4.98 Å². The van der Waals surface area contributed by atoms with Gasteiger partial charge in [-0.15, -0.1) is 0 Å². The fourth-order valence-corrected chi connectivity index (χ4v) is 1.69. The molecule has 0 unspecified atom stereocenters. The van der Waals surface area contributed by atoms with Crippen LogP contribution in [0.2, 0.25) is 24.4 Å². The van der Waals surface area contributed by atoms with E-state index < -0.39 is 0 Å². The van der Waals surface area contributed by atoms with E-state index in [1.165, 1.54) is 0 Å². The molecule has 0 aliphatic heterocycles. The Bertz CT molecular complexity index is 371. The van der Waals surface area contributed by atoms with E-state index in [9.17, 15) is 0 Å². The summed E-state index contributed by atoms with van der Waals surface area (Å²) >= 11 is 5.72. The second-order valence-corrected chi connectivity index (χ2v) is 6.84. The average molecular weight is 257 g/mol. The Kier molecular flexibility index (Phi) is 5.41. The van der Waals surface area contributed by atoms with Crippen LogP contribution in [0.1, 0.15) is 5.56 Å². The van der Waals surface area contributed by atoms with Gasteiger partial charge >= 0.3 is 0 Å². The summed E-state index contributed by atoms with van der Waals surface area (Å²) in [5.41, 5.74) is 0.757. The number of ether oxygens (including phenoxy) is 1. The van der Waals surface area contributed by atoms with Crippen LogP contribution in [0.5, 0.6) is 5.88 Å². The van der Waals surface area contributed by atoms with Gasteiger partial charge in [0.2, 0.25) is 11.2 Å². The minimum atomic E-state index is -0.274. The zero-order valence-electron chi connectivity index (χ0n) is 9.70. The van der Waals surface area contributed by atoms with Crippen LogP contribution >= 0.6 is 11.6 Å². The first-order valence-corrected chi connectivity index (χ1v) is 8.08. The van der Waals surface area contributed by atoms with E-state index in [1.54, 1.807) is 19.5 Å². The van der Waals surface area contributed by atoms with E-state index in [1.807, 2.05) is 0 Å². The van der Waals surface area contributed by atoms with Crippen molar-refractivity contribution in [2.75, 3.05) is 13.7 Å². The number of aromatic nitrogens is 2. The molecule has 1 rings (SSSR count). The number of rotatable bonds is 5. The second-order valence-electron chi connectivity index (χ2n) is 3.59. The molecule has 1 radical (unpaired) electrons. The van der Waals surface area contributed by atoms with Gasteiger partial charge in [-0.3, -0.25) is 4.99 Å². The predicted molar refractivity (Wildman–Crippen MR) is 68.3 cm³/mol. The summed E-state index contributed by atoms with van der Waals surface area (Å²) in [5, 5.41) is 0.196. The molecule has 0 spiro atoms. The number of nitrogens with zero attached hydrogens (tertiary/aromatic N) is 3. The molecule has 0 amide bonds. The lowest BCUT2D eigenvalue weighted by atomic mass is 10.3. The normalized spacial score (nSPS) is 11.3. The first kappa shape index (κ1) is 13.1. The monoisotopic (exact) mass is 256 g/mol. The number of hydrogen-bond donors (Lipinski definition) is 0. The quantitative estimate of drug-likeness (QED) is 0.461. The van der Waals surface area contributed by atoms with Crippen molar-refractivity contribution in [3.05, 3.63) is 17.0 Å². The van der Waals surface area contributed by atoms with Crippen molar-refractivity contribution in [3.8, 4) is 5.88 Å². The Balaban J connectivity index is 2.72. The van der Waals surface area contributed by atoms with Crippen molar-refractivity contribution in [2.45, 2.75) is 19.1 Å². The van der Waals surface area contributed by atoms with E-state index >= 15 is 0 Å². The van der Waals surface area contributed by atoms with Gasteiger partial charge in [0.25, 0.3) is 0 Å². The van der Waals surface area contributed by atoms with Crippen LogP contribution in [0.15, 0.2) is 11.2 Å². The Morgan fingerprint density at radius 1 is 1.56 bits per heavy atom. The summed E-state index contributed by atoms with van der Waals surface area (Å²) in [5.74, 6) is 0.508. The van der Waals surface area contributed by atoms with Crippen LogP contribution in [-0.2, 0) is 0 Å². The van der Waals surface area contributed by atoms with Crippen molar-refractivity contribution in [1.29, 1.82) is 0 Å². The fourth-order valence-electron chi connectivity index (χ4n) is 1.05. The van der Waals surface area contributed by atoms with Gasteiger partial charge in [-0.05, 0) is 17.6 Å². The molecular weight excluding hydrogens is 242 g/mol. The largest absolute Gasteiger partial charge is 0.477 e. The van der Waals surface area contributed by atoms with Crippen LogP contribution < -0.4 is 4.74 Å². The molecule has 0 saturated heterocycles. The third kappa shape index (κ3) is 4.28. The molecule has 0 bridgehead atoms. The standard InChI is InChI=1S/C10H15ClN3OSi/c1-12-6-8-7-13-10(11)14-9(8)15-4-5-16(2)3/h6-7H,4-5H2,1-3H3. The third-order valence-electron chi connectivity index (χ3n) is 1.86. The molecule has 16 heavy (non-hydrogen) atoms. The molecule has 0 N–H and O–H groups in total. The molecule has 0 aliphatic rings. The first-order valence-electron chi connectivity index (χ1n) is 5.00. The van der Waals surface area contributed by atoms with Crippen molar-refractivity contribution in [1.82, 2.24) is 9.97 Å². The maximum Gasteiger partial charge on any atom is 0.226 e. The van der Waals surface area contributed by atoms with Gasteiger partial charge in [-0.2, -0.15) is 4.98 Å². The van der Waals surface area contributed by atoms with Gasteiger partial charge in [0.15, 0.2) is 0 Å². The maximum absolute atomic E-state index is 5.72. The van der Waals surface area contributed by atoms with Gasteiger partial charge in [0.05, 0.1) is 12.2 Å². The number of halogens is 1. The van der Waals surface area contributed by atoms with E-state index in [2.05, 4.69) is 28.1 Å². The fraction of sp³-hybridized carbons (Fsp3) is 0.500. The molecule has 0 fully saturated rings. The average Bonchev–Trinajstić information content (AvgIpc) is 2.21. The Hall–Kier alpha value is -0.943. The van der Waals surface area contributed by atoms with Crippen LogP contribution in [0.3, 0.4) is 0 Å². The van der Waals surface area contributed by atoms with E-state index in [0.717, 1.165) is 11.6 Å². The molecule has 0 aliphatic carbocycles. The van der Waals surface area contributed by atoms with Crippen LogP contribution in [0, 0.1) is 0 Å². The molecule has 0 aromatic carbocycles. The highest BCUT2D eigenvalue weighted by Gasteiger charge is 2.06. The molecule has 1 aromatic rings. The zero-order valence-corrected chi connectivity index (χ0v) is 11.5. The Morgan fingerprint density at radius 3 is 2.94 bits per heavy atom. The summed E-state index contributed by atoms with van der Waals surface area (Å²) in [6.07, 6.45) is 3.27. The van der Waals surface area contributed by atoms with E-state index in [-0.39, 0.29) is 14.1 Å². The van der Waals surface area contributed by atoms with E-state index in [4.69, 9.17) is 16.3 Å². The topological polar surface area (TPSA) is 47.4 Å². The lowest BCUT2D eigenvalue weighted by Gasteiger charge is -2.08. The van der Waals surface area contributed by atoms with Gasteiger partial charge in [0.1, 0.15) is 0 Å². The summed E-state index contributed by atoms with van der Waals surface area (Å²) in [6, 6.07) is 1.08. The molecule has 0 saturated carbocycles. The predicted octanol–water partition coefficient (Wildman–Crippen LogP) is 2.31. The Morgan fingerprint density at radius 2 is 2.31 bits per heavy atom. The number of aliphatic imine (C=N–C) groups is 1. The van der Waals surface area contributed by atoms with Crippen LogP contribution in [0.25, 0.3) is 0 Å². The molecule has 1 heterocycles. The van der Waals surface area contributed by atoms with Gasteiger partial charge in [-0.1, -0.05) is 13.1 Å². The van der Waals surface area contributed by atoms with Crippen LogP contribution in [0.4, 0.5) is 0 Å². The zero-order chi connectivity index (χ0) is 12.0. The molecular formula is C10H15ClN3OSi. The third-order valence-corrected chi connectivity index (χ3v) is 3.25. The van der Waals surface area contributed by atoms with Crippen molar-refractivity contribution >= 4 is 26.6 Å². The van der Waals surface area contributed by atoms with Crippen molar-refractivity contribution < 1.29 is 4.74 Å². The maximum atomic E-state index is 5.72. The van der Waals surface area contributed by atoms with Crippen molar-refractivity contribution in [3.63, 3.8) is 0 Å². The lowest BCUT2D eigenvalue weighted by Crippen LogP contribution is -2.09. The smallest absolute Gasteiger partial charge is 0.226 e. The number of hydrogen-bond acceptors (Lipinski definition) is 4. The van der Waals surface area contributed by atoms with E-state index in [0.29, 0.717) is 12.5 Å². The Labute approximate surface area is 102 Å². The second kappa shape index (κ2) is 6.60. The molecule has 1 aromatic heterocycles. The highest BCUT2D eigenvalue weighted by Crippen LogP contribution is 2.15. The van der Waals surface area contributed by atoms with Gasteiger partial charge < -0.3 is 4.74 Å². The first-order chi connectivity index (χ1) is 7.63. The minimum Gasteiger partial charge on any atom is -0.477 e. The minimum absolute atomic E-state index is 0.196. The van der Waals surface area contributed by atoms with Crippen molar-refractivity contribution in [2.24, 2.45) is 4.99 Å². The highest BCUT2D eigenvalue weighted by atomic mass is 35.5. The SMILES string of the molecule is CN=Cc1cnc(Cl)nc1OCC[Si](C)C. The summed E-state index contributed by atoms with van der Waals surface area (Å²) < 4.78 is 5.58. The molecule has 4 nitrogen and oxygen atoms in total. The van der Waals surface area contributed by atoms with Gasteiger partial charge in [0, 0.05) is 28.3 Å². The molecule has 6 heteroatoms. The molecule has 87 valence electrons. The molecule has 0 atom stereocenters. The summed E-state index contributed by atoms with van der Waals surface area (Å²) in [7, 11) is 1.42. The summed E-state index contributed by atoms with van der Waals surface area (Å²) in [6.45, 7) is 5.16. The summed E-state index contributed by atoms with van der Waals surface area (Å²) in [4.78, 5) is 11.8. The lowest BCUT2D eigenvalue weighted by molar-refractivity contribution is 0.324. The van der Waals surface area contributed by atoms with Crippen LogP contribution in [-0.4, -0.2) is 38.6 Å².